The van der Waals surface area contributed by atoms with Crippen LogP contribution in [0, 0.1) is 0 Å². The maximum absolute atomic E-state index is 2.44. The average Bonchev–Trinajstić information content (AvgIpc) is 2.37. The second kappa shape index (κ2) is 6.41. The largest absolute Gasteiger partial charge is 0.0640 e. The molecule has 0 N–H and O–H groups in total. The summed E-state index contributed by atoms with van der Waals surface area (Å²) in [5.74, 6) is 0.810. The lowest BCUT2D eigenvalue weighted by Gasteiger charge is -2.43. The van der Waals surface area contributed by atoms with Crippen molar-refractivity contribution in [1.82, 2.24) is 0 Å². The standard InChI is InChI=1S/C20H33P/c1-19(2,3)21(20(4,5)6)18-15-11-10-14-17(18)16-12-8-7-9-13-16/h10-11,14-16H,7-9,12-13H2,1-6H3. The zero-order chi connectivity index (χ0) is 15.7. The molecule has 0 aliphatic heterocycles. The Morgan fingerprint density at radius 1 is 0.810 bits per heavy atom. The van der Waals surface area contributed by atoms with Crippen molar-refractivity contribution < 1.29 is 0 Å². The van der Waals surface area contributed by atoms with Crippen LogP contribution >= 0.6 is 7.92 Å². The number of hydrogen-bond donors (Lipinski definition) is 0. The first-order valence-electron chi connectivity index (χ1n) is 8.60. The molecule has 21 heavy (non-hydrogen) atoms. The van der Waals surface area contributed by atoms with Gasteiger partial charge in [0.15, 0.2) is 0 Å². The van der Waals surface area contributed by atoms with E-state index in [1.54, 1.807) is 10.9 Å². The number of hydrogen-bond acceptors (Lipinski definition) is 0. The van der Waals surface area contributed by atoms with Gasteiger partial charge in [-0.2, -0.15) is 0 Å². The van der Waals surface area contributed by atoms with Crippen LogP contribution in [-0.2, 0) is 0 Å². The minimum Gasteiger partial charge on any atom is -0.0640 e. The van der Waals surface area contributed by atoms with E-state index in [1.165, 1.54) is 32.1 Å². The summed E-state index contributed by atoms with van der Waals surface area (Å²) in [5, 5.41) is 2.40. The molecule has 0 nitrogen and oxygen atoms in total. The van der Waals surface area contributed by atoms with E-state index in [-0.39, 0.29) is 7.92 Å². The van der Waals surface area contributed by atoms with Crippen LogP contribution in [0.1, 0.15) is 85.1 Å². The third-order valence-electron chi connectivity index (χ3n) is 4.56. The molecule has 0 aromatic heterocycles. The van der Waals surface area contributed by atoms with Crippen LogP contribution in [0.3, 0.4) is 0 Å². The highest BCUT2D eigenvalue weighted by molar-refractivity contribution is 7.68. The van der Waals surface area contributed by atoms with Crippen LogP contribution < -0.4 is 5.30 Å². The molecule has 1 fully saturated rings. The zero-order valence-electron chi connectivity index (χ0n) is 14.9. The predicted molar refractivity (Wildman–Crippen MR) is 98.3 cm³/mol. The van der Waals surface area contributed by atoms with Crippen LogP contribution in [0.25, 0.3) is 0 Å². The normalized spacial score (nSPS) is 18.2. The van der Waals surface area contributed by atoms with Gasteiger partial charge in [-0.3, -0.25) is 0 Å². The molecule has 0 saturated heterocycles. The summed E-state index contributed by atoms with van der Waals surface area (Å²) in [6, 6.07) is 9.38. The van der Waals surface area contributed by atoms with Crippen molar-refractivity contribution in [3.8, 4) is 0 Å². The molecule has 0 spiro atoms. The van der Waals surface area contributed by atoms with Gasteiger partial charge in [0.25, 0.3) is 0 Å². The summed E-state index contributed by atoms with van der Waals surface area (Å²) in [5.41, 5.74) is 1.67. The fourth-order valence-electron chi connectivity index (χ4n) is 4.18. The Kier molecular flexibility index (Phi) is 5.19. The van der Waals surface area contributed by atoms with Crippen LogP contribution in [0.4, 0.5) is 0 Å². The number of benzene rings is 1. The van der Waals surface area contributed by atoms with Crippen molar-refractivity contribution in [3.05, 3.63) is 29.8 Å². The Balaban J connectivity index is 2.46. The van der Waals surface area contributed by atoms with Gasteiger partial charge in [-0.05, 0) is 39.9 Å². The molecule has 1 heteroatoms. The molecule has 1 aromatic carbocycles. The predicted octanol–water partition coefficient (Wildman–Crippen LogP) is 6.44. The van der Waals surface area contributed by atoms with Crippen molar-refractivity contribution in [3.63, 3.8) is 0 Å². The smallest absolute Gasteiger partial charge is 0.0134 e. The average molecular weight is 304 g/mol. The maximum Gasteiger partial charge on any atom is -0.0134 e. The molecule has 0 bridgehead atoms. The van der Waals surface area contributed by atoms with Crippen molar-refractivity contribution in [1.29, 1.82) is 0 Å². The first-order chi connectivity index (χ1) is 9.71. The lowest BCUT2D eigenvalue weighted by atomic mass is 9.84. The van der Waals surface area contributed by atoms with Gasteiger partial charge in [0.2, 0.25) is 0 Å². The second-order valence-corrected chi connectivity index (χ2v) is 12.4. The molecule has 1 aromatic rings. The SMILES string of the molecule is CC(C)(C)P(c1ccccc1C1CCCCC1)C(C)(C)C. The third kappa shape index (κ3) is 4.10. The Labute approximate surface area is 133 Å². The van der Waals surface area contributed by atoms with Gasteiger partial charge < -0.3 is 0 Å². The van der Waals surface area contributed by atoms with Crippen molar-refractivity contribution in [2.75, 3.05) is 0 Å². The van der Waals surface area contributed by atoms with Crippen LogP contribution in [0.15, 0.2) is 24.3 Å². The summed E-state index contributed by atoms with van der Waals surface area (Å²) in [6.45, 7) is 14.6. The van der Waals surface area contributed by atoms with Gasteiger partial charge in [0, 0.05) is 0 Å². The molecular weight excluding hydrogens is 271 g/mol. The van der Waals surface area contributed by atoms with Crippen molar-refractivity contribution in [2.45, 2.75) is 89.9 Å². The quantitative estimate of drug-likeness (QED) is 0.552. The Hall–Kier alpha value is -0.350. The van der Waals surface area contributed by atoms with E-state index in [9.17, 15) is 0 Å². The maximum atomic E-state index is 2.44. The van der Waals surface area contributed by atoms with E-state index in [2.05, 4.69) is 65.8 Å². The highest BCUT2D eigenvalue weighted by Crippen LogP contribution is 2.59. The van der Waals surface area contributed by atoms with E-state index in [1.807, 2.05) is 0 Å². The van der Waals surface area contributed by atoms with Gasteiger partial charge in [-0.25, -0.2) is 0 Å². The molecule has 0 heterocycles. The van der Waals surface area contributed by atoms with E-state index < -0.39 is 0 Å². The van der Waals surface area contributed by atoms with Crippen LogP contribution in [-0.4, -0.2) is 10.3 Å². The number of rotatable bonds is 2. The highest BCUT2D eigenvalue weighted by Gasteiger charge is 2.37. The summed E-state index contributed by atoms with van der Waals surface area (Å²) < 4.78 is 0. The van der Waals surface area contributed by atoms with E-state index in [0.29, 0.717) is 10.3 Å². The second-order valence-electron chi connectivity index (χ2n) is 8.57. The molecule has 0 amide bonds. The van der Waals surface area contributed by atoms with Gasteiger partial charge in [-0.15, -0.1) is 0 Å². The summed E-state index contributed by atoms with van der Waals surface area (Å²) in [6.07, 6.45) is 7.07. The van der Waals surface area contributed by atoms with Gasteiger partial charge in [0.1, 0.15) is 0 Å². The van der Waals surface area contributed by atoms with Gasteiger partial charge in [-0.1, -0.05) is 93.0 Å². The molecule has 0 radical (unpaired) electrons. The van der Waals surface area contributed by atoms with Gasteiger partial charge in [0.05, 0.1) is 0 Å². The molecule has 1 aliphatic rings. The highest BCUT2D eigenvalue weighted by atomic mass is 31.1. The summed E-state index contributed by atoms with van der Waals surface area (Å²) >= 11 is 0. The lowest BCUT2D eigenvalue weighted by Crippen LogP contribution is -2.33. The molecule has 1 aliphatic carbocycles. The molecule has 0 unspecified atom stereocenters. The molecule has 0 atom stereocenters. The summed E-state index contributed by atoms with van der Waals surface area (Å²) in [7, 11) is -0.183. The van der Waals surface area contributed by atoms with Gasteiger partial charge >= 0.3 is 0 Å². The monoisotopic (exact) mass is 304 g/mol. The minimum atomic E-state index is -0.183. The third-order valence-corrected chi connectivity index (χ3v) is 8.14. The van der Waals surface area contributed by atoms with E-state index in [4.69, 9.17) is 0 Å². The fraction of sp³-hybridized carbons (Fsp3) is 0.700. The lowest BCUT2D eigenvalue weighted by molar-refractivity contribution is 0.445. The Morgan fingerprint density at radius 2 is 1.33 bits per heavy atom. The minimum absolute atomic E-state index is 0.183. The molecule has 1 saturated carbocycles. The van der Waals surface area contributed by atoms with Crippen LogP contribution in [0.2, 0.25) is 0 Å². The van der Waals surface area contributed by atoms with Crippen molar-refractivity contribution in [2.24, 2.45) is 0 Å². The first-order valence-corrected chi connectivity index (χ1v) is 9.94. The molecule has 2 rings (SSSR count). The molecular formula is C20H33P. The van der Waals surface area contributed by atoms with Crippen molar-refractivity contribution >= 4 is 13.2 Å². The molecule has 118 valence electrons. The van der Waals surface area contributed by atoms with Crippen LogP contribution in [0.5, 0.6) is 0 Å². The zero-order valence-corrected chi connectivity index (χ0v) is 15.8. The summed E-state index contributed by atoms with van der Waals surface area (Å²) in [4.78, 5) is 0. The Bertz CT molecular complexity index is 441. The fourth-order valence-corrected chi connectivity index (χ4v) is 8.39. The van der Waals surface area contributed by atoms with E-state index in [0.717, 1.165) is 5.92 Å². The topological polar surface area (TPSA) is 0 Å². The first kappa shape index (κ1) is 17.0. The van der Waals surface area contributed by atoms with E-state index >= 15 is 0 Å². The Morgan fingerprint density at radius 3 is 1.86 bits per heavy atom.